The van der Waals surface area contributed by atoms with E-state index in [2.05, 4.69) is 5.32 Å². The molecular weight excluding hydrogens is 578 g/mol. The maximum Gasteiger partial charge on any atom is 0.251 e. The van der Waals surface area contributed by atoms with Gasteiger partial charge in [0, 0.05) is 23.6 Å². The third-order valence-corrected chi connectivity index (χ3v) is 9.21. The molecular formula is C34H39N3O8. The minimum atomic E-state index is -2.62. The van der Waals surface area contributed by atoms with Gasteiger partial charge < -0.3 is 30.6 Å². The lowest BCUT2D eigenvalue weighted by atomic mass is 9.57. The number of nitrogens with one attached hydrogen (secondary N) is 1. The van der Waals surface area contributed by atoms with E-state index in [1.54, 1.807) is 38.4 Å². The van der Waals surface area contributed by atoms with Gasteiger partial charge in [-0.05, 0) is 102 Å². The fourth-order valence-electron chi connectivity index (χ4n) is 7.14. The number of benzene rings is 2. The van der Waals surface area contributed by atoms with Crippen LogP contribution in [0.15, 0.2) is 53.3 Å². The average molecular weight is 618 g/mol. The van der Waals surface area contributed by atoms with Crippen molar-refractivity contribution in [1.82, 2.24) is 15.1 Å². The lowest BCUT2D eigenvalue weighted by molar-refractivity contribution is -0.153. The summed E-state index contributed by atoms with van der Waals surface area (Å²) in [6.45, 7) is 2.42. The summed E-state index contributed by atoms with van der Waals surface area (Å²) >= 11 is 0. The van der Waals surface area contributed by atoms with Crippen molar-refractivity contribution >= 4 is 29.0 Å². The van der Waals surface area contributed by atoms with Crippen LogP contribution in [-0.2, 0) is 20.8 Å². The Morgan fingerprint density at radius 2 is 1.76 bits per heavy atom. The Labute approximate surface area is 261 Å². The van der Waals surface area contributed by atoms with Crippen molar-refractivity contribution in [1.29, 1.82) is 0 Å². The van der Waals surface area contributed by atoms with E-state index in [9.17, 15) is 39.6 Å². The lowest BCUT2D eigenvalue weighted by Gasteiger charge is -2.50. The van der Waals surface area contributed by atoms with Crippen LogP contribution in [0.25, 0.3) is 16.9 Å². The molecule has 2 aromatic rings. The number of Topliss-reactive ketones (excluding diaryl/α,β-unsaturated/α-hetero) is 3. The number of phenolic OH excluding ortho intramolecular Hbond substituents is 1. The molecule has 0 radical (unpaired) electrons. The van der Waals surface area contributed by atoms with E-state index in [0.717, 1.165) is 19.9 Å². The van der Waals surface area contributed by atoms with Crippen molar-refractivity contribution in [3.63, 3.8) is 0 Å². The number of amides is 1. The Morgan fingerprint density at radius 1 is 1.04 bits per heavy atom. The number of hydrogen-bond acceptors (Lipinski definition) is 10. The predicted octanol–water partition coefficient (Wildman–Crippen LogP) is 2.42. The molecule has 5 N–H and O–H groups in total. The summed E-state index contributed by atoms with van der Waals surface area (Å²) in [5.74, 6) is -6.35. The van der Waals surface area contributed by atoms with Crippen molar-refractivity contribution in [3.8, 4) is 16.9 Å². The topological polar surface area (TPSA) is 168 Å². The fourth-order valence-corrected chi connectivity index (χ4v) is 7.14. The third-order valence-electron chi connectivity index (χ3n) is 9.21. The molecule has 0 aromatic heterocycles. The minimum absolute atomic E-state index is 0.0130. The Kier molecular flexibility index (Phi) is 8.47. The van der Waals surface area contributed by atoms with Crippen molar-refractivity contribution in [3.05, 3.63) is 70.0 Å². The molecule has 0 bridgehead atoms. The summed E-state index contributed by atoms with van der Waals surface area (Å²) in [7, 11) is 7.11. The number of likely N-dealkylation sites (N-methyl/N-ethyl adjacent to an activating group) is 1. The number of aliphatic hydroxyl groups excluding tert-OH is 2. The highest BCUT2D eigenvalue weighted by molar-refractivity contribution is 6.25. The van der Waals surface area contributed by atoms with Gasteiger partial charge >= 0.3 is 0 Å². The molecule has 11 heteroatoms. The molecule has 238 valence electrons. The maximum atomic E-state index is 14.1. The molecule has 11 nitrogen and oxygen atoms in total. The summed E-state index contributed by atoms with van der Waals surface area (Å²) in [6, 6.07) is 8.96. The molecule has 0 aliphatic heterocycles. The first kappa shape index (κ1) is 32.1. The number of carbonyl (C=O) groups is 4. The van der Waals surface area contributed by atoms with Gasteiger partial charge in [0.1, 0.15) is 22.8 Å². The van der Waals surface area contributed by atoms with Gasteiger partial charge in [0.2, 0.25) is 5.78 Å². The SMILES string of the molecule is CC(=O)C1=C(O)[C@@]2(O)C(=O)C3=C(O)c4c(O)ccc(-c5cccc(C(=O)NCCCN(C)C)c5)c4C[C@H]3C[C@H]2[C@H](N(C)C)C1=O. The predicted molar refractivity (Wildman–Crippen MR) is 167 cm³/mol. The van der Waals surface area contributed by atoms with Crippen LogP contribution in [0.5, 0.6) is 5.75 Å². The van der Waals surface area contributed by atoms with Gasteiger partial charge in [0.05, 0.1) is 11.6 Å². The smallest absolute Gasteiger partial charge is 0.251 e. The van der Waals surface area contributed by atoms with Gasteiger partial charge in [-0.15, -0.1) is 0 Å². The Hall–Kier alpha value is -4.32. The minimum Gasteiger partial charge on any atom is -0.508 e. The average Bonchev–Trinajstić information content (AvgIpc) is 2.96. The molecule has 1 saturated carbocycles. The number of rotatable bonds is 8. The fraction of sp³-hybridized carbons (Fsp3) is 0.412. The standard InChI is InChI=1S/C34H39N3O8/c1-17(38)25-30(41)28(37(4)5)23-16-20-15-22-21(18-8-6-9-19(14-18)33(44)35-12-7-13-36(2)3)10-11-24(39)27(22)29(40)26(20)32(43)34(23,45)31(25)42/h6,8-11,14,20,23,28,39-40,42,45H,7,12-13,15-16H2,1-5H3,(H,35,44)/t20-,23-,28-,34+/m0/s1. The van der Waals surface area contributed by atoms with Crippen molar-refractivity contribution in [2.45, 2.75) is 37.8 Å². The van der Waals surface area contributed by atoms with Crippen LogP contribution in [0.3, 0.4) is 0 Å². The number of aliphatic hydroxyl groups is 3. The molecule has 1 amide bonds. The van der Waals surface area contributed by atoms with E-state index < -0.39 is 57.9 Å². The van der Waals surface area contributed by atoms with Crippen LogP contribution in [0.1, 0.15) is 41.3 Å². The zero-order valence-corrected chi connectivity index (χ0v) is 26.0. The Balaban J connectivity index is 1.58. The first-order valence-electron chi connectivity index (χ1n) is 14.9. The van der Waals surface area contributed by atoms with Gasteiger partial charge in [-0.25, -0.2) is 0 Å². The molecule has 45 heavy (non-hydrogen) atoms. The van der Waals surface area contributed by atoms with E-state index in [4.69, 9.17) is 0 Å². The van der Waals surface area contributed by atoms with Gasteiger partial charge in [-0.1, -0.05) is 18.2 Å². The summed E-state index contributed by atoms with van der Waals surface area (Å²) in [5.41, 5.74) is -1.16. The zero-order chi connectivity index (χ0) is 33.0. The van der Waals surface area contributed by atoms with Crippen molar-refractivity contribution < 1.29 is 39.6 Å². The molecule has 3 aliphatic carbocycles. The second kappa shape index (κ2) is 11.9. The van der Waals surface area contributed by atoms with Crippen LogP contribution in [0, 0.1) is 11.8 Å². The maximum absolute atomic E-state index is 14.1. The number of nitrogens with zero attached hydrogens (tertiary/aromatic N) is 2. The summed E-state index contributed by atoms with van der Waals surface area (Å²) in [4.78, 5) is 56.3. The first-order chi connectivity index (χ1) is 21.2. The Morgan fingerprint density at radius 3 is 2.40 bits per heavy atom. The number of hydrogen-bond donors (Lipinski definition) is 5. The number of fused-ring (bicyclic) bond motifs is 3. The van der Waals surface area contributed by atoms with Gasteiger partial charge in [-0.3, -0.25) is 24.1 Å². The summed E-state index contributed by atoms with van der Waals surface area (Å²) in [6.07, 6.45) is 0.976. The summed E-state index contributed by atoms with van der Waals surface area (Å²) < 4.78 is 0. The molecule has 0 unspecified atom stereocenters. The van der Waals surface area contributed by atoms with Crippen LogP contribution in [-0.4, -0.2) is 106 Å². The second-order valence-electron chi connectivity index (χ2n) is 12.6. The molecule has 3 aliphatic rings. The van der Waals surface area contributed by atoms with E-state index in [1.165, 1.54) is 11.0 Å². The van der Waals surface area contributed by atoms with Crippen LogP contribution in [0.2, 0.25) is 0 Å². The molecule has 4 atom stereocenters. The quantitative estimate of drug-likeness (QED) is 0.219. The Bertz CT molecular complexity index is 1670. The van der Waals surface area contributed by atoms with Gasteiger partial charge in [0.25, 0.3) is 5.91 Å². The lowest BCUT2D eigenvalue weighted by Crippen LogP contribution is -2.65. The van der Waals surface area contributed by atoms with Crippen LogP contribution < -0.4 is 5.32 Å². The molecule has 5 rings (SSSR count). The molecule has 0 saturated heterocycles. The first-order valence-corrected chi connectivity index (χ1v) is 14.9. The van der Waals surface area contributed by atoms with Gasteiger partial charge in [-0.2, -0.15) is 0 Å². The number of phenols is 1. The van der Waals surface area contributed by atoms with E-state index >= 15 is 0 Å². The summed E-state index contributed by atoms with van der Waals surface area (Å²) in [5, 5.41) is 48.3. The highest BCUT2D eigenvalue weighted by Crippen LogP contribution is 2.53. The monoisotopic (exact) mass is 617 g/mol. The molecule has 0 heterocycles. The zero-order valence-electron chi connectivity index (χ0n) is 26.0. The van der Waals surface area contributed by atoms with Crippen molar-refractivity contribution in [2.24, 2.45) is 11.8 Å². The van der Waals surface area contributed by atoms with E-state index in [-0.39, 0.29) is 35.6 Å². The number of ketones is 3. The molecule has 2 aromatic carbocycles. The van der Waals surface area contributed by atoms with Gasteiger partial charge in [0.15, 0.2) is 17.2 Å². The third kappa shape index (κ3) is 5.24. The normalized spacial score (nSPS) is 24.5. The number of aromatic hydroxyl groups is 1. The van der Waals surface area contributed by atoms with Crippen LogP contribution >= 0.6 is 0 Å². The van der Waals surface area contributed by atoms with E-state index in [1.807, 2.05) is 25.1 Å². The van der Waals surface area contributed by atoms with Crippen LogP contribution in [0.4, 0.5) is 0 Å². The second-order valence-corrected chi connectivity index (χ2v) is 12.6. The number of carbonyl (C=O) groups excluding carboxylic acids is 4. The van der Waals surface area contributed by atoms with E-state index in [0.29, 0.717) is 28.8 Å². The molecule has 1 fully saturated rings. The highest BCUT2D eigenvalue weighted by Gasteiger charge is 2.64. The van der Waals surface area contributed by atoms with Crippen molar-refractivity contribution in [2.75, 3.05) is 41.3 Å². The molecule has 0 spiro atoms. The highest BCUT2D eigenvalue weighted by atomic mass is 16.3. The largest absolute Gasteiger partial charge is 0.508 e.